The monoisotopic (exact) mass is 543 g/mol. The van der Waals surface area contributed by atoms with Crippen molar-refractivity contribution in [2.45, 2.75) is 38.7 Å². The van der Waals surface area contributed by atoms with Crippen LogP contribution in [0.1, 0.15) is 35.3 Å². The quantitative estimate of drug-likeness (QED) is 0.530. The summed E-state index contributed by atoms with van der Waals surface area (Å²) in [4.78, 5) is 16.8. The number of fused-ring (bicyclic) bond motifs is 1. The molecule has 0 aromatic heterocycles. The van der Waals surface area contributed by atoms with Crippen LogP contribution in [-0.4, -0.2) is 74.4 Å². The number of ether oxygens (including phenoxy) is 1. The summed E-state index contributed by atoms with van der Waals surface area (Å²) in [7, 11) is -1.88. The third kappa shape index (κ3) is 7.36. The van der Waals surface area contributed by atoms with Gasteiger partial charge in [-0.3, -0.25) is 14.4 Å². The Kier molecular flexibility index (Phi) is 8.76. The fourth-order valence-corrected chi connectivity index (χ4v) is 4.78. The minimum Gasteiger partial charge on any atom is -0.486 e. The number of nitrogens with one attached hydrogen (secondary N) is 1. The Morgan fingerprint density at radius 3 is 2.43 bits per heavy atom. The summed E-state index contributed by atoms with van der Waals surface area (Å²) in [6.45, 7) is 4.31. The molecule has 0 spiro atoms. The molecule has 0 radical (unpaired) electrons. The van der Waals surface area contributed by atoms with Crippen molar-refractivity contribution in [3.05, 3.63) is 59.2 Å². The number of rotatable bonds is 8. The normalized spacial score (nSPS) is 19.6. The maximum absolute atomic E-state index is 13.4. The number of sulfonamides is 1. The van der Waals surface area contributed by atoms with E-state index >= 15 is 0 Å². The average Bonchev–Trinajstić information content (AvgIpc) is 2.80. The molecule has 3 rings (SSSR count). The Labute approximate surface area is 215 Å². The third-order valence-electron chi connectivity index (χ3n) is 6.21. The van der Waals surface area contributed by atoms with Crippen LogP contribution < -0.4 is 9.46 Å². The maximum Gasteiger partial charge on any atom is 0.416 e. The zero-order valence-corrected chi connectivity index (χ0v) is 21.9. The van der Waals surface area contributed by atoms with E-state index in [1.54, 1.807) is 31.0 Å². The van der Waals surface area contributed by atoms with Crippen LogP contribution in [0.4, 0.5) is 18.9 Å². The molecule has 2 aromatic carbocycles. The molecule has 0 saturated heterocycles. The predicted octanol–water partition coefficient (Wildman–Crippen LogP) is 3.43. The zero-order chi connectivity index (χ0) is 27.5. The van der Waals surface area contributed by atoms with Gasteiger partial charge in [0.2, 0.25) is 10.0 Å². The number of aliphatic hydroxyl groups is 1. The molecule has 2 aromatic rings. The maximum atomic E-state index is 13.4. The van der Waals surface area contributed by atoms with Crippen LogP contribution in [0.25, 0.3) is 0 Å². The molecule has 0 aliphatic carbocycles. The molecule has 37 heavy (non-hydrogen) atoms. The van der Waals surface area contributed by atoms with Crippen molar-refractivity contribution in [3.8, 4) is 5.75 Å². The van der Waals surface area contributed by atoms with Crippen LogP contribution in [0, 0.1) is 5.92 Å². The number of hydrogen-bond donors (Lipinski definition) is 2. The van der Waals surface area contributed by atoms with Gasteiger partial charge in [-0.05, 0) is 43.8 Å². The van der Waals surface area contributed by atoms with E-state index < -0.39 is 39.8 Å². The molecule has 0 bridgehead atoms. The standard InChI is InChI=1S/C25H32F3N3O5S/c1-16-12-31(17(2)15-32)24(33)20-6-5-7-21(29-37(4,34)35)23(20)36-22(16)14-30(3)13-18-8-10-19(11-9-18)25(26,27)28/h5-11,16-17,22,29,32H,12-15H2,1-4H3/t16-,17+,22+/m0/s1. The molecule has 1 amide bonds. The van der Waals surface area contributed by atoms with Crippen molar-refractivity contribution < 1.29 is 36.2 Å². The lowest BCUT2D eigenvalue weighted by Gasteiger charge is -2.38. The van der Waals surface area contributed by atoms with Gasteiger partial charge in [0, 0.05) is 25.6 Å². The van der Waals surface area contributed by atoms with Gasteiger partial charge in [0.15, 0.2) is 5.75 Å². The first-order valence-electron chi connectivity index (χ1n) is 11.7. The number of anilines is 1. The first kappa shape index (κ1) is 28.7. The van der Waals surface area contributed by atoms with E-state index in [0.717, 1.165) is 18.4 Å². The smallest absolute Gasteiger partial charge is 0.416 e. The number of hydrogen-bond acceptors (Lipinski definition) is 6. The third-order valence-corrected chi connectivity index (χ3v) is 6.80. The Balaban J connectivity index is 1.91. The molecule has 8 nitrogen and oxygen atoms in total. The lowest BCUT2D eigenvalue weighted by atomic mass is 9.99. The van der Waals surface area contributed by atoms with Crippen LogP contribution in [-0.2, 0) is 22.7 Å². The highest BCUT2D eigenvalue weighted by Crippen LogP contribution is 2.35. The Morgan fingerprint density at radius 2 is 1.86 bits per heavy atom. The van der Waals surface area contributed by atoms with E-state index in [0.29, 0.717) is 18.7 Å². The number of nitrogens with zero attached hydrogens (tertiary/aromatic N) is 2. The second-order valence-corrected chi connectivity index (χ2v) is 11.3. The average molecular weight is 544 g/mol. The molecule has 2 N–H and O–H groups in total. The van der Waals surface area contributed by atoms with E-state index in [2.05, 4.69) is 4.72 Å². The molecule has 204 valence electrons. The molecular formula is C25H32F3N3O5S. The number of amides is 1. The summed E-state index contributed by atoms with van der Waals surface area (Å²) in [6, 6.07) is 9.03. The summed E-state index contributed by atoms with van der Waals surface area (Å²) in [5, 5.41) is 9.76. The molecule has 1 heterocycles. The zero-order valence-electron chi connectivity index (χ0n) is 21.1. The van der Waals surface area contributed by atoms with Gasteiger partial charge in [-0.2, -0.15) is 13.2 Å². The van der Waals surface area contributed by atoms with Crippen LogP contribution >= 0.6 is 0 Å². The van der Waals surface area contributed by atoms with E-state index in [-0.39, 0.29) is 36.1 Å². The summed E-state index contributed by atoms with van der Waals surface area (Å²) in [5.41, 5.74) is 0.242. The molecule has 1 aliphatic rings. The summed E-state index contributed by atoms with van der Waals surface area (Å²) < 4.78 is 71.3. The van der Waals surface area contributed by atoms with Gasteiger partial charge >= 0.3 is 6.18 Å². The van der Waals surface area contributed by atoms with Crippen molar-refractivity contribution in [2.24, 2.45) is 5.92 Å². The number of likely N-dealkylation sites (N-methyl/N-ethyl adjacent to an activating group) is 1. The first-order chi connectivity index (χ1) is 17.2. The van der Waals surface area contributed by atoms with Crippen molar-refractivity contribution >= 4 is 21.6 Å². The van der Waals surface area contributed by atoms with E-state index in [1.807, 2.05) is 11.8 Å². The lowest BCUT2D eigenvalue weighted by molar-refractivity contribution is -0.137. The topological polar surface area (TPSA) is 99.2 Å². The molecule has 0 fully saturated rings. The molecule has 0 unspecified atom stereocenters. The van der Waals surface area contributed by atoms with Gasteiger partial charge in [0.1, 0.15) is 6.10 Å². The second-order valence-electron chi connectivity index (χ2n) is 9.57. The Morgan fingerprint density at radius 1 is 1.22 bits per heavy atom. The van der Waals surface area contributed by atoms with Crippen LogP contribution in [0.3, 0.4) is 0 Å². The minimum atomic E-state index is -4.41. The number of halogens is 3. The molecule has 1 aliphatic heterocycles. The second kappa shape index (κ2) is 11.3. The number of para-hydroxylation sites is 1. The van der Waals surface area contributed by atoms with Gasteiger partial charge in [0.05, 0.1) is 35.7 Å². The van der Waals surface area contributed by atoms with Gasteiger partial charge in [-0.25, -0.2) is 8.42 Å². The minimum absolute atomic E-state index is 0.0903. The fourth-order valence-electron chi connectivity index (χ4n) is 4.22. The fraction of sp³-hybridized carbons (Fsp3) is 0.480. The van der Waals surface area contributed by atoms with Gasteiger partial charge in [-0.1, -0.05) is 25.1 Å². The summed E-state index contributed by atoms with van der Waals surface area (Å²) >= 11 is 0. The number of benzene rings is 2. The van der Waals surface area contributed by atoms with Crippen LogP contribution in [0.5, 0.6) is 5.75 Å². The number of carbonyl (C=O) groups is 1. The highest BCUT2D eigenvalue weighted by atomic mass is 32.2. The van der Waals surface area contributed by atoms with Crippen molar-refractivity contribution in [3.63, 3.8) is 0 Å². The molecular weight excluding hydrogens is 511 g/mol. The molecule has 0 saturated carbocycles. The van der Waals surface area contributed by atoms with Gasteiger partial charge in [-0.15, -0.1) is 0 Å². The van der Waals surface area contributed by atoms with E-state index in [4.69, 9.17) is 4.74 Å². The number of alkyl halides is 3. The van der Waals surface area contributed by atoms with Crippen molar-refractivity contribution in [1.82, 2.24) is 9.80 Å². The van der Waals surface area contributed by atoms with Crippen LogP contribution in [0.15, 0.2) is 42.5 Å². The first-order valence-corrected chi connectivity index (χ1v) is 13.6. The SMILES string of the molecule is C[C@H](CO)N1C[C@H](C)[C@@H](CN(C)Cc2ccc(C(F)(F)F)cc2)Oc2c(NS(C)(=O)=O)cccc2C1=O. The molecule has 3 atom stereocenters. The van der Waals surface area contributed by atoms with Gasteiger partial charge in [0.25, 0.3) is 5.91 Å². The van der Waals surface area contributed by atoms with E-state index in [1.165, 1.54) is 18.2 Å². The number of carbonyl (C=O) groups excluding carboxylic acids is 1. The number of aliphatic hydroxyl groups excluding tert-OH is 1. The van der Waals surface area contributed by atoms with Crippen molar-refractivity contribution in [2.75, 3.05) is 37.7 Å². The Bertz CT molecular complexity index is 1210. The predicted molar refractivity (Wildman–Crippen MR) is 134 cm³/mol. The van der Waals surface area contributed by atoms with E-state index in [9.17, 15) is 31.5 Å². The van der Waals surface area contributed by atoms with Crippen LogP contribution in [0.2, 0.25) is 0 Å². The largest absolute Gasteiger partial charge is 0.486 e. The Hall–Kier alpha value is -2.83. The van der Waals surface area contributed by atoms with Gasteiger partial charge < -0.3 is 14.7 Å². The molecule has 12 heteroatoms. The van der Waals surface area contributed by atoms with Crippen molar-refractivity contribution in [1.29, 1.82) is 0 Å². The summed E-state index contributed by atoms with van der Waals surface area (Å²) in [5.74, 6) is -0.530. The summed E-state index contributed by atoms with van der Waals surface area (Å²) in [6.07, 6.45) is -3.93. The lowest BCUT2D eigenvalue weighted by Crippen LogP contribution is -2.49. The highest BCUT2D eigenvalue weighted by molar-refractivity contribution is 7.92. The highest BCUT2D eigenvalue weighted by Gasteiger charge is 2.35.